The number of halogens is 1. The van der Waals surface area contributed by atoms with E-state index >= 15 is 0 Å². The van der Waals surface area contributed by atoms with Gasteiger partial charge in [-0.25, -0.2) is 4.98 Å². The molecule has 0 aliphatic rings. The van der Waals surface area contributed by atoms with E-state index in [2.05, 4.69) is 75.7 Å². The van der Waals surface area contributed by atoms with Gasteiger partial charge >= 0.3 is 0 Å². The Hall–Kier alpha value is -0.880. The van der Waals surface area contributed by atoms with E-state index in [1.165, 1.54) is 14.7 Å². The van der Waals surface area contributed by atoms with E-state index in [1.54, 1.807) is 0 Å². The van der Waals surface area contributed by atoms with E-state index < -0.39 is 0 Å². The lowest BCUT2D eigenvalue weighted by Crippen LogP contribution is -2.22. The second-order valence-electron chi connectivity index (χ2n) is 5.06. The first-order chi connectivity index (χ1) is 9.67. The van der Waals surface area contributed by atoms with Gasteiger partial charge in [-0.3, -0.25) is 0 Å². The Morgan fingerprint density at radius 2 is 2.20 bits per heavy atom. The average molecular weight is 383 g/mol. The van der Waals surface area contributed by atoms with Gasteiger partial charge in [0.05, 0.1) is 0 Å². The van der Waals surface area contributed by atoms with Gasteiger partial charge in [0.15, 0.2) is 0 Å². The van der Waals surface area contributed by atoms with E-state index in [0.29, 0.717) is 6.04 Å². The maximum atomic E-state index is 4.52. The normalized spacial score (nSPS) is 12.6. The van der Waals surface area contributed by atoms with Crippen molar-refractivity contribution in [2.24, 2.45) is 0 Å². The summed E-state index contributed by atoms with van der Waals surface area (Å²) in [5.74, 6) is 1.16. The minimum absolute atomic E-state index is 0.305. The summed E-state index contributed by atoms with van der Waals surface area (Å²) in [6.07, 6.45) is 6.03. The van der Waals surface area contributed by atoms with Gasteiger partial charge in [-0.05, 0) is 54.1 Å². The summed E-state index contributed by atoms with van der Waals surface area (Å²) < 4.78 is 3.60. The Morgan fingerprint density at radius 3 is 2.90 bits per heavy atom. The number of hydrogen-bond acceptors (Lipinski definition) is 2. The molecule has 0 radical (unpaired) electrons. The number of hydrogen-bond donors (Lipinski definition) is 1. The molecule has 1 unspecified atom stereocenters. The molecule has 2 rings (SSSR count). The zero-order valence-corrected chi connectivity index (χ0v) is 14.5. The van der Waals surface area contributed by atoms with Crippen LogP contribution < -0.4 is 5.32 Å². The molecule has 0 bridgehead atoms. The Labute approximate surface area is 134 Å². The minimum atomic E-state index is 0.305. The topological polar surface area (TPSA) is 29.9 Å². The van der Waals surface area contributed by atoms with Crippen molar-refractivity contribution < 1.29 is 0 Å². The predicted octanol–water partition coefficient (Wildman–Crippen LogP) is 3.71. The largest absolute Gasteiger partial charge is 0.335 e. The van der Waals surface area contributed by atoms with Crippen molar-refractivity contribution in [1.29, 1.82) is 0 Å². The van der Waals surface area contributed by atoms with Crippen LogP contribution in [0.3, 0.4) is 0 Å². The second-order valence-corrected chi connectivity index (χ2v) is 6.14. The molecule has 108 valence electrons. The number of imidazole rings is 1. The van der Waals surface area contributed by atoms with Crippen LogP contribution >= 0.6 is 22.6 Å². The third-order valence-corrected chi connectivity index (χ3v) is 5.07. The SMILES string of the molecule is CCCn1ccnc1CC(NC)c1cccc(C)c1I. The fourth-order valence-corrected chi connectivity index (χ4v) is 3.20. The molecule has 0 saturated carbocycles. The van der Waals surface area contributed by atoms with Crippen LogP contribution in [0.4, 0.5) is 0 Å². The molecular weight excluding hydrogens is 361 g/mol. The van der Waals surface area contributed by atoms with Crippen molar-refractivity contribution in [3.8, 4) is 0 Å². The number of benzene rings is 1. The summed E-state index contributed by atoms with van der Waals surface area (Å²) in [5, 5.41) is 3.44. The number of aryl methyl sites for hydroxylation is 2. The van der Waals surface area contributed by atoms with Crippen LogP contribution in [0, 0.1) is 10.5 Å². The van der Waals surface area contributed by atoms with E-state index in [-0.39, 0.29) is 0 Å². The Morgan fingerprint density at radius 1 is 1.40 bits per heavy atom. The summed E-state index contributed by atoms with van der Waals surface area (Å²) in [5.41, 5.74) is 2.69. The monoisotopic (exact) mass is 383 g/mol. The van der Waals surface area contributed by atoms with E-state index in [9.17, 15) is 0 Å². The van der Waals surface area contributed by atoms with Crippen LogP contribution in [0.1, 0.15) is 36.3 Å². The molecule has 20 heavy (non-hydrogen) atoms. The van der Waals surface area contributed by atoms with E-state index in [1.807, 2.05) is 13.2 Å². The highest BCUT2D eigenvalue weighted by Gasteiger charge is 2.16. The van der Waals surface area contributed by atoms with E-state index in [4.69, 9.17) is 0 Å². The lowest BCUT2D eigenvalue weighted by molar-refractivity contribution is 0.541. The van der Waals surface area contributed by atoms with Gasteiger partial charge in [0, 0.05) is 35.0 Å². The quantitative estimate of drug-likeness (QED) is 0.771. The van der Waals surface area contributed by atoms with Gasteiger partial charge in [0.2, 0.25) is 0 Å². The Bertz CT molecular complexity index is 563. The molecule has 0 saturated heterocycles. The molecule has 1 aromatic heterocycles. The third-order valence-electron chi connectivity index (χ3n) is 3.60. The molecule has 2 aromatic rings. The van der Waals surface area contributed by atoms with Gasteiger partial charge in [-0.15, -0.1) is 0 Å². The standard InChI is InChI=1S/C16H22IN3/c1-4-9-20-10-8-19-15(20)11-14(18-3)13-7-5-6-12(2)16(13)17/h5-8,10,14,18H,4,9,11H2,1-3H3. The number of likely N-dealkylation sites (N-methyl/N-ethyl adjacent to an activating group) is 1. The molecule has 1 heterocycles. The van der Waals surface area contributed by atoms with Gasteiger partial charge in [0.25, 0.3) is 0 Å². The summed E-state index contributed by atoms with van der Waals surface area (Å²) in [4.78, 5) is 4.52. The van der Waals surface area contributed by atoms with Crippen LogP contribution in [0.15, 0.2) is 30.6 Å². The van der Waals surface area contributed by atoms with Crippen LogP contribution in [0.2, 0.25) is 0 Å². The fraction of sp³-hybridized carbons (Fsp3) is 0.438. The molecule has 1 atom stereocenters. The lowest BCUT2D eigenvalue weighted by atomic mass is 10.0. The first-order valence-electron chi connectivity index (χ1n) is 7.09. The molecule has 3 nitrogen and oxygen atoms in total. The third kappa shape index (κ3) is 3.41. The molecule has 1 N–H and O–H groups in total. The molecule has 4 heteroatoms. The highest BCUT2D eigenvalue weighted by atomic mass is 127. The number of nitrogens with one attached hydrogen (secondary N) is 1. The summed E-state index contributed by atoms with van der Waals surface area (Å²) in [6.45, 7) is 5.40. The van der Waals surface area contributed by atoms with Crippen molar-refractivity contribution in [2.75, 3.05) is 7.05 Å². The first-order valence-corrected chi connectivity index (χ1v) is 8.17. The van der Waals surface area contributed by atoms with E-state index in [0.717, 1.165) is 25.2 Å². The molecule has 0 aliphatic carbocycles. The van der Waals surface area contributed by atoms with Gasteiger partial charge in [-0.1, -0.05) is 25.1 Å². The molecule has 0 spiro atoms. The second kappa shape index (κ2) is 7.22. The van der Waals surface area contributed by atoms with Crippen LogP contribution in [-0.4, -0.2) is 16.6 Å². The molecule has 0 amide bonds. The van der Waals surface area contributed by atoms with Crippen molar-refractivity contribution in [1.82, 2.24) is 14.9 Å². The van der Waals surface area contributed by atoms with Crippen LogP contribution in [0.25, 0.3) is 0 Å². The summed E-state index contributed by atoms with van der Waals surface area (Å²) >= 11 is 2.44. The van der Waals surface area contributed by atoms with Crippen LogP contribution in [0.5, 0.6) is 0 Å². The molecule has 0 fully saturated rings. The average Bonchev–Trinajstić information content (AvgIpc) is 2.87. The summed E-state index contributed by atoms with van der Waals surface area (Å²) in [6, 6.07) is 6.81. The zero-order valence-electron chi connectivity index (χ0n) is 12.4. The van der Waals surface area contributed by atoms with Gasteiger partial charge in [-0.2, -0.15) is 0 Å². The molecule has 0 aliphatic heterocycles. The van der Waals surface area contributed by atoms with Crippen molar-refractivity contribution in [3.63, 3.8) is 0 Å². The first kappa shape index (κ1) is 15.5. The van der Waals surface area contributed by atoms with Crippen LogP contribution in [-0.2, 0) is 13.0 Å². The minimum Gasteiger partial charge on any atom is -0.335 e. The fourth-order valence-electron chi connectivity index (χ4n) is 2.46. The van der Waals surface area contributed by atoms with Crippen molar-refractivity contribution >= 4 is 22.6 Å². The highest BCUT2D eigenvalue weighted by molar-refractivity contribution is 14.1. The van der Waals surface area contributed by atoms with Crippen molar-refractivity contribution in [2.45, 2.75) is 39.3 Å². The van der Waals surface area contributed by atoms with Gasteiger partial charge < -0.3 is 9.88 Å². The molecule has 1 aromatic carbocycles. The maximum absolute atomic E-state index is 4.52. The molecular formula is C16H22IN3. The summed E-state index contributed by atoms with van der Waals surface area (Å²) in [7, 11) is 2.02. The Kier molecular flexibility index (Phi) is 5.60. The Balaban J connectivity index is 2.24. The number of nitrogens with zero attached hydrogens (tertiary/aromatic N) is 2. The van der Waals surface area contributed by atoms with Gasteiger partial charge in [0.1, 0.15) is 5.82 Å². The number of rotatable bonds is 6. The smallest absolute Gasteiger partial charge is 0.110 e. The number of aromatic nitrogens is 2. The predicted molar refractivity (Wildman–Crippen MR) is 91.9 cm³/mol. The zero-order chi connectivity index (χ0) is 14.5. The highest BCUT2D eigenvalue weighted by Crippen LogP contribution is 2.25. The lowest BCUT2D eigenvalue weighted by Gasteiger charge is -2.19. The maximum Gasteiger partial charge on any atom is 0.110 e. The van der Waals surface area contributed by atoms with Crippen molar-refractivity contribution in [3.05, 3.63) is 51.1 Å².